The lowest BCUT2D eigenvalue weighted by molar-refractivity contribution is -0.135. The molecule has 3 aromatic rings. The molecule has 0 saturated heterocycles. The van der Waals surface area contributed by atoms with Crippen LogP contribution in [0.15, 0.2) is 41.8 Å². The van der Waals surface area contributed by atoms with Crippen LogP contribution < -0.4 is 25.4 Å². The summed E-state index contributed by atoms with van der Waals surface area (Å²) < 4.78 is 38.6. The van der Waals surface area contributed by atoms with Crippen molar-refractivity contribution in [2.75, 3.05) is 24.3 Å². The van der Waals surface area contributed by atoms with Crippen molar-refractivity contribution >= 4 is 40.1 Å². The molecule has 0 bridgehead atoms. The number of carbonyl (C=O) groups excluding carboxylic acids is 2. The minimum absolute atomic E-state index is 0.0163. The van der Waals surface area contributed by atoms with Gasteiger partial charge in [-0.3, -0.25) is 14.9 Å². The van der Waals surface area contributed by atoms with E-state index in [4.69, 9.17) is 14.6 Å². The van der Waals surface area contributed by atoms with Crippen LogP contribution in [0.2, 0.25) is 0 Å². The van der Waals surface area contributed by atoms with Gasteiger partial charge in [-0.15, -0.1) is 11.3 Å². The maximum atomic E-state index is 14.2. The van der Waals surface area contributed by atoms with Gasteiger partial charge in [0.05, 0.1) is 12.8 Å². The van der Waals surface area contributed by atoms with Gasteiger partial charge in [0.15, 0.2) is 22.4 Å². The molecule has 0 aliphatic rings. The molecule has 10 nitrogen and oxygen atoms in total. The molecule has 3 amide bonds. The molecule has 0 unspecified atom stereocenters. The van der Waals surface area contributed by atoms with Gasteiger partial charge in [-0.25, -0.2) is 18.6 Å². The van der Waals surface area contributed by atoms with E-state index in [-0.39, 0.29) is 33.8 Å². The Morgan fingerprint density at radius 3 is 2.64 bits per heavy atom. The number of thiazole rings is 1. The molecular weight excluding hydrogens is 462 g/mol. The van der Waals surface area contributed by atoms with Crippen LogP contribution in [-0.4, -0.2) is 41.7 Å². The fourth-order valence-corrected chi connectivity index (χ4v) is 3.17. The van der Waals surface area contributed by atoms with E-state index in [1.54, 1.807) is 0 Å². The third-order valence-corrected chi connectivity index (χ3v) is 4.67. The number of halogens is 2. The summed E-state index contributed by atoms with van der Waals surface area (Å²) in [7, 11) is 1.32. The number of anilines is 2. The molecule has 3 rings (SSSR count). The molecule has 0 aliphatic heterocycles. The minimum atomic E-state index is -1.22. The second-order valence-electron chi connectivity index (χ2n) is 6.21. The van der Waals surface area contributed by atoms with Gasteiger partial charge in [-0.1, -0.05) is 6.07 Å². The lowest BCUT2D eigenvalue weighted by Crippen LogP contribution is -2.29. The van der Waals surface area contributed by atoms with Crippen molar-refractivity contribution in [3.63, 3.8) is 0 Å². The number of nitrogens with one attached hydrogen (secondary N) is 3. The normalized spacial score (nSPS) is 10.3. The maximum Gasteiger partial charge on any atom is 0.325 e. The van der Waals surface area contributed by atoms with Gasteiger partial charge in [0.2, 0.25) is 5.75 Å². The van der Waals surface area contributed by atoms with Crippen LogP contribution in [0.25, 0.3) is 0 Å². The summed E-state index contributed by atoms with van der Waals surface area (Å²) in [5.74, 6) is -3.62. The first-order chi connectivity index (χ1) is 15.8. The minimum Gasteiger partial charge on any atom is -0.493 e. The number of methoxy groups -OCH3 is 1. The molecule has 1 heterocycles. The summed E-state index contributed by atoms with van der Waals surface area (Å²) in [6, 6.07) is 6.41. The molecule has 0 radical (unpaired) electrons. The summed E-state index contributed by atoms with van der Waals surface area (Å²) >= 11 is 0.905. The van der Waals surface area contributed by atoms with E-state index in [2.05, 4.69) is 20.9 Å². The predicted molar refractivity (Wildman–Crippen MR) is 114 cm³/mol. The number of benzene rings is 2. The highest BCUT2D eigenvalue weighted by Crippen LogP contribution is 2.37. The number of aliphatic carboxylic acids is 1. The highest BCUT2D eigenvalue weighted by atomic mass is 32.1. The van der Waals surface area contributed by atoms with Gasteiger partial charge in [0.1, 0.15) is 18.1 Å². The fraction of sp³-hybridized carbons (Fsp3) is 0.100. The van der Waals surface area contributed by atoms with E-state index in [9.17, 15) is 23.2 Å². The number of para-hydroxylation sites is 1. The number of carboxylic acid groups (broad SMARTS) is 1. The number of nitrogens with zero attached hydrogens (tertiary/aromatic N) is 1. The van der Waals surface area contributed by atoms with Crippen molar-refractivity contribution in [2.45, 2.75) is 0 Å². The van der Waals surface area contributed by atoms with E-state index in [0.717, 1.165) is 29.5 Å². The molecule has 0 spiro atoms. The number of amides is 3. The van der Waals surface area contributed by atoms with Crippen LogP contribution in [0.3, 0.4) is 0 Å². The first-order valence-electron chi connectivity index (χ1n) is 9.10. The standard InChI is InChI=1S/C20H16F2N4O6S/c1-31-15-4-2-3-11(22)17(15)32-14-6-5-10(21)7-12(14)24-19(30)26-20-25-13(9-33-20)18(29)23-8-16(27)28/h2-7,9H,8H2,1H3,(H,23,29)(H,27,28)(H2,24,25,26,30). The van der Waals surface area contributed by atoms with Gasteiger partial charge in [0, 0.05) is 11.4 Å². The Morgan fingerprint density at radius 1 is 1.12 bits per heavy atom. The van der Waals surface area contributed by atoms with Gasteiger partial charge >= 0.3 is 12.0 Å². The first kappa shape index (κ1) is 23.4. The van der Waals surface area contributed by atoms with Crippen LogP contribution in [0.1, 0.15) is 10.5 Å². The number of hydrogen-bond donors (Lipinski definition) is 4. The average molecular weight is 478 g/mol. The number of hydrogen-bond acceptors (Lipinski definition) is 7. The zero-order valence-corrected chi connectivity index (χ0v) is 17.7. The third kappa shape index (κ3) is 6.13. The molecule has 0 fully saturated rings. The average Bonchev–Trinajstić information content (AvgIpc) is 3.23. The Balaban J connectivity index is 1.73. The molecule has 1 aromatic heterocycles. The smallest absolute Gasteiger partial charge is 0.325 e. The number of ether oxygens (including phenoxy) is 2. The summed E-state index contributed by atoms with van der Waals surface area (Å²) in [5.41, 5.74) is -0.216. The van der Waals surface area contributed by atoms with Crippen LogP contribution in [0, 0.1) is 11.6 Å². The zero-order valence-electron chi connectivity index (χ0n) is 16.8. The van der Waals surface area contributed by atoms with Gasteiger partial charge in [-0.05, 0) is 24.3 Å². The summed E-state index contributed by atoms with van der Waals surface area (Å²) in [5, 5.41) is 16.8. The summed E-state index contributed by atoms with van der Waals surface area (Å²) in [6.07, 6.45) is 0. The van der Waals surface area contributed by atoms with Gasteiger partial charge in [0.25, 0.3) is 5.91 Å². The monoisotopic (exact) mass is 478 g/mol. The largest absolute Gasteiger partial charge is 0.493 e. The van der Waals surface area contributed by atoms with Gasteiger partial charge < -0.3 is 25.2 Å². The second-order valence-corrected chi connectivity index (χ2v) is 7.07. The molecule has 0 atom stereocenters. The second kappa shape index (κ2) is 10.4. The summed E-state index contributed by atoms with van der Waals surface area (Å²) in [6.45, 7) is -0.589. The molecule has 2 aromatic carbocycles. The molecular formula is C20H16F2N4O6S. The fourth-order valence-electron chi connectivity index (χ4n) is 2.48. The molecule has 4 N–H and O–H groups in total. The third-order valence-electron chi connectivity index (χ3n) is 3.91. The number of carbonyl (C=O) groups is 3. The predicted octanol–water partition coefficient (Wildman–Crippen LogP) is 3.68. The Morgan fingerprint density at radius 2 is 1.91 bits per heavy atom. The Bertz CT molecular complexity index is 1200. The molecule has 0 aliphatic carbocycles. The van der Waals surface area contributed by atoms with Crippen molar-refractivity contribution in [1.29, 1.82) is 0 Å². The maximum absolute atomic E-state index is 14.2. The van der Waals surface area contributed by atoms with E-state index >= 15 is 0 Å². The Kier molecular flexibility index (Phi) is 7.35. The van der Waals surface area contributed by atoms with E-state index in [1.807, 2.05) is 0 Å². The molecule has 0 saturated carbocycles. The van der Waals surface area contributed by atoms with Gasteiger partial charge in [-0.2, -0.15) is 0 Å². The van der Waals surface area contributed by atoms with Crippen molar-refractivity contribution in [3.8, 4) is 17.2 Å². The lowest BCUT2D eigenvalue weighted by atomic mass is 10.2. The van der Waals surface area contributed by atoms with Crippen molar-refractivity contribution in [2.24, 2.45) is 0 Å². The number of carboxylic acids is 1. The highest BCUT2D eigenvalue weighted by Gasteiger charge is 2.17. The Labute approximate surface area is 189 Å². The SMILES string of the molecule is COc1cccc(F)c1Oc1ccc(F)cc1NC(=O)Nc1nc(C(=O)NCC(=O)O)cs1. The van der Waals surface area contributed by atoms with Crippen molar-refractivity contribution in [3.05, 3.63) is 59.1 Å². The first-order valence-corrected chi connectivity index (χ1v) is 9.98. The van der Waals surface area contributed by atoms with Crippen LogP contribution in [-0.2, 0) is 4.79 Å². The molecule has 172 valence electrons. The van der Waals surface area contributed by atoms with E-state index < -0.39 is 36.1 Å². The molecule has 13 heteroatoms. The number of aromatic nitrogens is 1. The van der Waals surface area contributed by atoms with Crippen LogP contribution in [0.5, 0.6) is 17.2 Å². The topological polar surface area (TPSA) is 139 Å². The van der Waals surface area contributed by atoms with E-state index in [0.29, 0.717) is 0 Å². The quantitative estimate of drug-likeness (QED) is 0.387. The molecule has 33 heavy (non-hydrogen) atoms. The van der Waals surface area contributed by atoms with E-state index in [1.165, 1.54) is 30.7 Å². The van der Waals surface area contributed by atoms with Crippen LogP contribution >= 0.6 is 11.3 Å². The van der Waals surface area contributed by atoms with Crippen molar-refractivity contribution in [1.82, 2.24) is 10.3 Å². The van der Waals surface area contributed by atoms with Crippen molar-refractivity contribution < 1.29 is 37.7 Å². The number of urea groups is 1. The summed E-state index contributed by atoms with van der Waals surface area (Å²) in [4.78, 5) is 38.6. The Hall–Kier alpha value is -4.26. The highest BCUT2D eigenvalue weighted by molar-refractivity contribution is 7.14. The number of rotatable bonds is 8. The lowest BCUT2D eigenvalue weighted by Gasteiger charge is -2.15. The van der Waals surface area contributed by atoms with Crippen LogP contribution in [0.4, 0.5) is 24.4 Å². The zero-order chi connectivity index (χ0) is 24.0.